The number of nitrogens with zero attached hydrogens (tertiary/aromatic N) is 1. The van der Waals surface area contributed by atoms with Gasteiger partial charge in [0, 0.05) is 35.2 Å². The Kier molecular flexibility index (Phi) is 7.96. The second-order valence-electron chi connectivity index (χ2n) is 10.3. The first-order valence-electron chi connectivity index (χ1n) is 11.9. The molecule has 0 bridgehead atoms. The van der Waals surface area contributed by atoms with Gasteiger partial charge in [-0.05, 0) is 71.3 Å². The highest BCUT2D eigenvalue weighted by Crippen LogP contribution is 2.59. The first kappa shape index (κ1) is 26.2. The van der Waals surface area contributed by atoms with Crippen LogP contribution in [0.5, 0.6) is 0 Å². The van der Waals surface area contributed by atoms with Crippen LogP contribution in [0.1, 0.15) is 52.5 Å². The maximum atomic E-state index is 14.0. The molecule has 1 aromatic rings. The Labute approximate surface area is 204 Å². The average Bonchev–Trinajstić information content (AvgIpc) is 3.13. The predicted molar refractivity (Wildman–Crippen MR) is 137 cm³/mol. The van der Waals surface area contributed by atoms with E-state index in [0.717, 1.165) is 24.1 Å². The molecule has 1 aromatic carbocycles. The van der Waals surface area contributed by atoms with E-state index in [1.165, 1.54) is 11.1 Å². The third-order valence-corrected chi connectivity index (χ3v) is 9.81. The highest BCUT2D eigenvalue weighted by atomic mass is 35.5. The van der Waals surface area contributed by atoms with Gasteiger partial charge in [-0.25, -0.2) is 0 Å². The van der Waals surface area contributed by atoms with Crippen LogP contribution in [0.25, 0.3) is 0 Å². The Balaban J connectivity index is 1.99. The number of amides is 1. The first-order valence-corrected chi connectivity index (χ1v) is 15.3. The second kappa shape index (κ2) is 10.0. The molecule has 0 aliphatic carbocycles. The second-order valence-corrected chi connectivity index (χ2v) is 14.7. The van der Waals surface area contributed by atoms with Gasteiger partial charge in [-0.3, -0.25) is 4.79 Å². The molecular weight excluding hydrogens is 454 g/mol. The third kappa shape index (κ3) is 5.01. The number of hydrogen-bond acceptors (Lipinski definition) is 4. The van der Waals surface area contributed by atoms with Crippen LogP contribution in [-0.4, -0.2) is 43.4 Å². The standard InChI is InChI=1S/C26H38ClNO4Si/c1-17(2)8-7-9-18(3)12-14-28-22-11-10-20(27)16-21(22)26(25(28)30)19(4)24(33(5,6)31)23(32-26)13-15-29/h8,10-12,16,19,23-24,29,31H,7,9,13-15H2,1-6H3/b18-12+/t19-,23+,24-,26+/m1/s1. The number of rotatable bonds is 8. The lowest BCUT2D eigenvalue weighted by atomic mass is 9.82. The molecule has 2 heterocycles. The maximum absolute atomic E-state index is 14.0. The van der Waals surface area contributed by atoms with E-state index in [0.29, 0.717) is 18.0 Å². The summed E-state index contributed by atoms with van der Waals surface area (Å²) in [5, 5.41) is 10.2. The van der Waals surface area contributed by atoms with Gasteiger partial charge in [0.1, 0.15) is 0 Å². The Morgan fingerprint density at radius 3 is 2.58 bits per heavy atom. The van der Waals surface area contributed by atoms with Crippen LogP contribution in [0.4, 0.5) is 5.69 Å². The molecule has 182 valence electrons. The number of fused-ring (bicyclic) bond motifs is 2. The fraction of sp³-hybridized carbons (Fsp3) is 0.577. The van der Waals surface area contributed by atoms with Crippen LogP contribution in [0, 0.1) is 5.92 Å². The summed E-state index contributed by atoms with van der Waals surface area (Å²) >= 11 is 6.38. The van der Waals surface area contributed by atoms with Crippen molar-refractivity contribution in [1.29, 1.82) is 0 Å². The van der Waals surface area contributed by atoms with E-state index in [2.05, 4.69) is 32.9 Å². The zero-order valence-electron chi connectivity index (χ0n) is 20.7. The van der Waals surface area contributed by atoms with Gasteiger partial charge in [0.05, 0.1) is 11.8 Å². The summed E-state index contributed by atoms with van der Waals surface area (Å²) in [5.74, 6) is -0.345. The van der Waals surface area contributed by atoms with Crippen molar-refractivity contribution in [2.75, 3.05) is 18.1 Å². The van der Waals surface area contributed by atoms with Crippen molar-refractivity contribution in [3.05, 3.63) is 52.1 Å². The van der Waals surface area contributed by atoms with E-state index in [4.69, 9.17) is 16.3 Å². The van der Waals surface area contributed by atoms with Gasteiger partial charge in [0.25, 0.3) is 5.91 Å². The lowest BCUT2D eigenvalue weighted by Crippen LogP contribution is -2.46. The van der Waals surface area contributed by atoms with Crippen molar-refractivity contribution in [3.8, 4) is 0 Å². The lowest BCUT2D eigenvalue weighted by molar-refractivity contribution is -0.146. The summed E-state index contributed by atoms with van der Waals surface area (Å²) < 4.78 is 6.56. The zero-order chi connectivity index (χ0) is 24.6. The summed E-state index contributed by atoms with van der Waals surface area (Å²) in [6, 6.07) is 5.53. The van der Waals surface area contributed by atoms with Gasteiger partial charge in [-0.15, -0.1) is 0 Å². The van der Waals surface area contributed by atoms with Crippen LogP contribution in [0.2, 0.25) is 23.7 Å². The van der Waals surface area contributed by atoms with Crippen molar-refractivity contribution in [1.82, 2.24) is 0 Å². The molecule has 0 radical (unpaired) electrons. The smallest absolute Gasteiger partial charge is 0.264 e. The maximum Gasteiger partial charge on any atom is 0.264 e. The van der Waals surface area contributed by atoms with Crippen molar-refractivity contribution in [2.24, 2.45) is 5.92 Å². The largest absolute Gasteiger partial charge is 0.432 e. The van der Waals surface area contributed by atoms with Crippen LogP contribution in [-0.2, 0) is 15.1 Å². The minimum absolute atomic E-state index is 0.0532. The molecule has 2 aliphatic rings. The summed E-state index contributed by atoms with van der Waals surface area (Å²) in [7, 11) is -2.69. The number of ether oxygens (including phenoxy) is 1. The molecule has 1 spiro atoms. The molecule has 3 rings (SSSR count). The molecule has 1 saturated heterocycles. The number of hydrogen-bond donors (Lipinski definition) is 2. The van der Waals surface area contributed by atoms with Crippen molar-refractivity contribution in [2.45, 2.75) is 77.3 Å². The summed E-state index contributed by atoms with van der Waals surface area (Å²) in [6.45, 7) is 12.5. The average molecular weight is 492 g/mol. The number of aliphatic hydroxyl groups excluding tert-OH is 1. The summed E-state index contributed by atoms with van der Waals surface area (Å²) in [6.07, 6.45) is 6.27. The van der Waals surface area contributed by atoms with E-state index < -0.39 is 13.9 Å². The van der Waals surface area contributed by atoms with Gasteiger partial charge in [-0.2, -0.15) is 0 Å². The number of aliphatic hydroxyl groups is 1. The number of halogens is 1. The topological polar surface area (TPSA) is 70.0 Å². The van der Waals surface area contributed by atoms with E-state index in [1.54, 1.807) is 11.0 Å². The fourth-order valence-electron chi connectivity index (χ4n) is 5.57. The molecule has 0 aromatic heterocycles. The highest BCUT2D eigenvalue weighted by Gasteiger charge is 2.66. The Morgan fingerprint density at radius 2 is 1.97 bits per heavy atom. The molecule has 2 N–H and O–H groups in total. The van der Waals surface area contributed by atoms with Crippen LogP contribution in [0.3, 0.4) is 0 Å². The first-order chi connectivity index (χ1) is 15.4. The van der Waals surface area contributed by atoms with E-state index >= 15 is 0 Å². The van der Waals surface area contributed by atoms with Gasteiger partial charge in [0.15, 0.2) is 13.9 Å². The number of allylic oxidation sites excluding steroid dienone is 3. The normalized spacial score (nSPS) is 27.4. The highest BCUT2D eigenvalue weighted by molar-refractivity contribution is 6.71. The Morgan fingerprint density at radius 1 is 1.27 bits per heavy atom. The molecule has 1 fully saturated rings. The number of anilines is 1. The number of benzene rings is 1. The van der Waals surface area contributed by atoms with Crippen LogP contribution < -0.4 is 4.90 Å². The molecule has 7 heteroatoms. The minimum atomic E-state index is -2.69. The fourth-order valence-corrected chi connectivity index (χ4v) is 8.34. The number of carbonyl (C=O) groups excluding carboxylic acids is 1. The summed E-state index contributed by atoms with van der Waals surface area (Å²) in [4.78, 5) is 26.9. The van der Waals surface area contributed by atoms with Crippen LogP contribution >= 0.6 is 11.6 Å². The van der Waals surface area contributed by atoms with E-state index in [1.807, 2.05) is 32.2 Å². The monoisotopic (exact) mass is 491 g/mol. The molecule has 0 saturated carbocycles. The van der Waals surface area contributed by atoms with Gasteiger partial charge >= 0.3 is 0 Å². The van der Waals surface area contributed by atoms with Crippen molar-refractivity contribution in [3.63, 3.8) is 0 Å². The number of carbonyl (C=O) groups is 1. The summed E-state index contributed by atoms with van der Waals surface area (Å²) in [5.41, 5.74) is 2.75. The van der Waals surface area contributed by atoms with Crippen molar-refractivity contribution >= 4 is 31.5 Å². The molecule has 33 heavy (non-hydrogen) atoms. The molecular formula is C26H38ClNO4Si. The Hall–Kier alpha value is -1.44. The molecule has 1 amide bonds. The quantitative estimate of drug-likeness (QED) is 0.369. The predicted octanol–water partition coefficient (Wildman–Crippen LogP) is 5.56. The molecule has 4 atom stereocenters. The van der Waals surface area contributed by atoms with E-state index in [-0.39, 0.29) is 30.1 Å². The van der Waals surface area contributed by atoms with Crippen molar-refractivity contribution < 1.29 is 19.4 Å². The van der Waals surface area contributed by atoms with Crippen LogP contribution in [0.15, 0.2) is 41.5 Å². The Bertz CT molecular complexity index is 950. The molecule has 0 unspecified atom stereocenters. The third-order valence-electron chi connectivity index (χ3n) is 7.07. The molecule has 2 aliphatic heterocycles. The van der Waals surface area contributed by atoms with Gasteiger partial charge in [-0.1, -0.05) is 41.8 Å². The van der Waals surface area contributed by atoms with E-state index in [9.17, 15) is 14.7 Å². The van der Waals surface area contributed by atoms with Gasteiger partial charge < -0.3 is 19.5 Å². The zero-order valence-corrected chi connectivity index (χ0v) is 22.4. The van der Waals surface area contributed by atoms with Gasteiger partial charge in [0.2, 0.25) is 0 Å². The SMILES string of the molecule is CC(C)=CCC/C(C)=C/CN1C(=O)[C@@]2(O[C@@H](CCO)[C@H]([Si](C)(C)O)[C@H]2C)c2cc(Cl)ccc21. The lowest BCUT2D eigenvalue weighted by Gasteiger charge is -2.32. The minimum Gasteiger partial charge on any atom is -0.432 e. The molecule has 5 nitrogen and oxygen atoms in total.